The van der Waals surface area contributed by atoms with Crippen molar-refractivity contribution in [3.05, 3.63) is 72.4 Å². The molecule has 0 spiro atoms. The van der Waals surface area contributed by atoms with Gasteiger partial charge in [0.1, 0.15) is 0 Å². The summed E-state index contributed by atoms with van der Waals surface area (Å²) in [5.41, 5.74) is 1.41. The lowest BCUT2D eigenvalue weighted by atomic mass is 10.1. The van der Waals surface area contributed by atoms with E-state index in [-0.39, 0.29) is 11.3 Å². The normalized spacial score (nSPS) is 12.1. The van der Waals surface area contributed by atoms with Crippen LogP contribution in [0.4, 0.5) is 11.4 Å². The lowest BCUT2D eigenvalue weighted by molar-refractivity contribution is -0.124. The lowest BCUT2D eigenvalue weighted by Gasteiger charge is -2.28. The monoisotopic (exact) mass is 420 g/mol. The first-order chi connectivity index (χ1) is 14.4. The summed E-state index contributed by atoms with van der Waals surface area (Å²) in [5, 5.41) is 1.99. The minimum absolute atomic E-state index is 0.120. The largest absolute Gasteiger partial charge is 0.755 e. The molecule has 0 fully saturated rings. The van der Waals surface area contributed by atoms with E-state index >= 15 is 0 Å². The number of rotatable bonds is 5. The Kier molecular flexibility index (Phi) is 5.11. The average molecular weight is 420 g/mol. The first kappa shape index (κ1) is 19.8. The van der Waals surface area contributed by atoms with E-state index in [0.29, 0.717) is 16.6 Å². The van der Waals surface area contributed by atoms with Gasteiger partial charge in [-0.2, -0.15) is 0 Å². The van der Waals surface area contributed by atoms with Crippen molar-refractivity contribution in [1.29, 1.82) is 0 Å². The minimum atomic E-state index is -2.68. The van der Waals surface area contributed by atoms with Crippen LogP contribution in [0.2, 0.25) is 0 Å². The molecular weight excluding hydrogens is 402 g/mol. The Morgan fingerprint density at radius 2 is 1.60 bits per heavy atom. The number of nitrogens with one attached hydrogen (secondary N) is 1. The maximum atomic E-state index is 12.8. The van der Waals surface area contributed by atoms with Gasteiger partial charge in [-0.25, -0.2) is 0 Å². The number of ketones is 1. The van der Waals surface area contributed by atoms with Crippen molar-refractivity contribution in [2.24, 2.45) is 0 Å². The van der Waals surface area contributed by atoms with E-state index in [1.54, 1.807) is 30.3 Å². The number of benzene rings is 3. The smallest absolute Gasteiger partial charge is 0.294 e. The third-order valence-corrected chi connectivity index (χ3v) is 5.57. The standard InChI is InChI=1S/C22H19N3O4S/c1-24(2)22(27)21(26)16-13-23-17-10-6-12-19(20(16)17)25(30(28)29)18-11-5-8-14-7-3-4-9-15(14)18/h3-13,23H,1-2H3,(H,28,29)/p-1. The van der Waals surface area contributed by atoms with E-state index in [1.165, 1.54) is 25.2 Å². The molecule has 3 aromatic carbocycles. The Labute approximate surface area is 175 Å². The molecular formula is C22H18N3O4S-. The highest BCUT2D eigenvalue weighted by Gasteiger charge is 2.25. The predicted octanol–water partition coefficient (Wildman–Crippen LogP) is 3.52. The second-order valence-electron chi connectivity index (χ2n) is 6.94. The molecule has 0 bridgehead atoms. The van der Waals surface area contributed by atoms with Gasteiger partial charge in [0.2, 0.25) is 0 Å². The molecule has 30 heavy (non-hydrogen) atoms. The van der Waals surface area contributed by atoms with Gasteiger partial charge in [-0.05, 0) is 23.6 Å². The van der Waals surface area contributed by atoms with Crippen molar-refractivity contribution in [3.8, 4) is 0 Å². The Balaban J connectivity index is 1.99. The highest BCUT2D eigenvalue weighted by molar-refractivity contribution is 7.81. The summed E-state index contributed by atoms with van der Waals surface area (Å²) >= 11 is -2.68. The molecule has 0 saturated carbocycles. The highest BCUT2D eigenvalue weighted by Crippen LogP contribution is 2.38. The molecule has 1 heterocycles. The number of likely N-dealkylation sites (N-methyl/N-ethyl adjacent to an activating group) is 1. The molecule has 1 aromatic heterocycles. The van der Waals surface area contributed by atoms with E-state index in [0.717, 1.165) is 15.1 Å². The Hall–Kier alpha value is -3.49. The van der Waals surface area contributed by atoms with Crippen LogP contribution >= 0.6 is 0 Å². The number of fused-ring (bicyclic) bond motifs is 2. The van der Waals surface area contributed by atoms with Gasteiger partial charge in [0.05, 0.1) is 28.2 Å². The van der Waals surface area contributed by atoms with Crippen LogP contribution in [0.25, 0.3) is 21.7 Å². The van der Waals surface area contributed by atoms with Crippen molar-refractivity contribution in [3.63, 3.8) is 0 Å². The number of H-pyrrole nitrogens is 1. The number of amides is 1. The Morgan fingerprint density at radius 1 is 0.933 bits per heavy atom. The molecule has 0 saturated heterocycles. The number of Topliss-reactive ketones (excluding diaryl/α,β-unsaturated/α-hetero) is 1. The van der Waals surface area contributed by atoms with E-state index in [1.807, 2.05) is 30.3 Å². The van der Waals surface area contributed by atoms with Crippen LogP contribution in [0.1, 0.15) is 10.4 Å². The van der Waals surface area contributed by atoms with E-state index in [9.17, 15) is 18.4 Å². The van der Waals surface area contributed by atoms with Crippen molar-refractivity contribution in [2.45, 2.75) is 0 Å². The van der Waals surface area contributed by atoms with E-state index in [2.05, 4.69) is 4.98 Å². The van der Waals surface area contributed by atoms with Crippen LogP contribution in [-0.2, 0) is 16.1 Å². The van der Waals surface area contributed by atoms with Gasteiger partial charge in [0, 0.05) is 36.6 Å². The van der Waals surface area contributed by atoms with Crippen LogP contribution < -0.4 is 4.31 Å². The lowest BCUT2D eigenvalue weighted by Crippen LogP contribution is -2.30. The third kappa shape index (κ3) is 3.26. The summed E-state index contributed by atoms with van der Waals surface area (Å²) in [4.78, 5) is 29.2. The number of nitrogens with zero attached hydrogens (tertiary/aromatic N) is 2. The molecule has 4 rings (SSSR count). The second kappa shape index (κ2) is 7.74. The number of anilines is 2. The summed E-state index contributed by atoms with van der Waals surface area (Å²) in [6.07, 6.45) is 1.44. The summed E-state index contributed by atoms with van der Waals surface area (Å²) in [5.74, 6) is -1.40. The van der Waals surface area contributed by atoms with Crippen LogP contribution in [0, 0.1) is 0 Å². The van der Waals surface area contributed by atoms with Crippen LogP contribution in [0.5, 0.6) is 0 Å². The fourth-order valence-electron chi connectivity index (χ4n) is 3.51. The molecule has 0 aliphatic carbocycles. The van der Waals surface area contributed by atoms with Gasteiger partial charge >= 0.3 is 0 Å². The second-order valence-corrected chi connectivity index (χ2v) is 7.74. The first-order valence-electron chi connectivity index (χ1n) is 9.13. The summed E-state index contributed by atoms with van der Waals surface area (Å²) in [6.45, 7) is 0. The number of carbonyl (C=O) groups is 2. The molecule has 1 N–H and O–H groups in total. The molecule has 1 amide bonds. The quantitative estimate of drug-likeness (QED) is 0.303. The van der Waals surface area contributed by atoms with E-state index in [4.69, 9.17) is 0 Å². The number of hydrogen-bond donors (Lipinski definition) is 1. The molecule has 1 unspecified atom stereocenters. The number of carbonyl (C=O) groups excluding carboxylic acids is 2. The summed E-state index contributed by atoms with van der Waals surface area (Å²) in [7, 11) is 2.98. The van der Waals surface area contributed by atoms with Crippen LogP contribution in [0.15, 0.2) is 66.9 Å². The van der Waals surface area contributed by atoms with Gasteiger partial charge in [0.15, 0.2) is 0 Å². The molecule has 7 nitrogen and oxygen atoms in total. The highest BCUT2D eigenvalue weighted by atomic mass is 32.2. The number of hydrogen-bond acceptors (Lipinski definition) is 4. The molecule has 8 heteroatoms. The van der Waals surface area contributed by atoms with Crippen LogP contribution in [-0.4, -0.2) is 44.4 Å². The predicted molar refractivity (Wildman–Crippen MR) is 116 cm³/mol. The fraction of sp³-hybridized carbons (Fsp3) is 0.0909. The fourth-order valence-corrected chi connectivity index (χ4v) is 4.14. The summed E-state index contributed by atoms with van der Waals surface area (Å²) < 4.78 is 25.9. The molecule has 152 valence electrons. The molecule has 4 aromatic rings. The zero-order chi connectivity index (χ0) is 21.4. The van der Waals surface area contributed by atoms with Gasteiger partial charge in [-0.3, -0.25) is 18.1 Å². The third-order valence-electron chi connectivity index (χ3n) is 4.88. The van der Waals surface area contributed by atoms with Crippen molar-refractivity contribution >= 4 is 56.0 Å². The maximum Gasteiger partial charge on any atom is 0.294 e. The maximum absolute atomic E-state index is 12.8. The number of aromatic amines is 1. The number of aromatic nitrogens is 1. The Bertz CT molecular complexity index is 1310. The van der Waals surface area contributed by atoms with Gasteiger partial charge in [-0.15, -0.1) is 0 Å². The SMILES string of the molecule is CN(C)C(=O)C(=O)c1c[nH]c2cccc(N(c3cccc4ccccc34)S(=O)[O-])c12. The zero-order valence-corrected chi connectivity index (χ0v) is 17.1. The van der Waals surface area contributed by atoms with Gasteiger partial charge in [0.25, 0.3) is 11.7 Å². The topological polar surface area (TPSA) is 96.5 Å². The van der Waals surface area contributed by atoms with Gasteiger partial charge < -0.3 is 14.4 Å². The van der Waals surface area contributed by atoms with E-state index < -0.39 is 23.0 Å². The first-order valence-corrected chi connectivity index (χ1v) is 10.2. The summed E-state index contributed by atoms with van der Waals surface area (Å²) in [6, 6.07) is 17.9. The van der Waals surface area contributed by atoms with Gasteiger partial charge in [-0.1, -0.05) is 42.5 Å². The van der Waals surface area contributed by atoms with Crippen molar-refractivity contribution in [1.82, 2.24) is 9.88 Å². The molecule has 0 aliphatic rings. The van der Waals surface area contributed by atoms with Crippen molar-refractivity contribution in [2.75, 3.05) is 18.4 Å². The van der Waals surface area contributed by atoms with Crippen LogP contribution in [0.3, 0.4) is 0 Å². The zero-order valence-electron chi connectivity index (χ0n) is 16.3. The Morgan fingerprint density at radius 3 is 2.33 bits per heavy atom. The molecule has 1 atom stereocenters. The minimum Gasteiger partial charge on any atom is -0.755 e. The van der Waals surface area contributed by atoms with Crippen molar-refractivity contribution < 1.29 is 18.4 Å². The molecule has 0 radical (unpaired) electrons. The molecule has 0 aliphatic heterocycles. The average Bonchev–Trinajstić information content (AvgIpc) is 3.17.